The Hall–Kier alpha value is -1.72. The molecule has 1 N–H and O–H groups in total. The molecule has 2 aliphatic rings. The number of aromatic nitrogens is 1. The molecule has 2 aliphatic heterocycles. The van der Waals surface area contributed by atoms with E-state index >= 15 is 0 Å². The topological polar surface area (TPSA) is 45.2 Å². The number of carbonyl (C=O) groups is 1. The monoisotopic (exact) mass is 327 g/mol. The molecule has 1 amide bonds. The van der Waals surface area contributed by atoms with Crippen molar-refractivity contribution in [3.05, 3.63) is 41.0 Å². The number of thiazole rings is 1. The summed E-state index contributed by atoms with van der Waals surface area (Å²) in [5.74, 6) is 0.732. The van der Waals surface area contributed by atoms with E-state index in [-0.39, 0.29) is 11.9 Å². The summed E-state index contributed by atoms with van der Waals surface area (Å²) >= 11 is 1.48. The first kappa shape index (κ1) is 14.8. The van der Waals surface area contributed by atoms with Gasteiger partial charge in [-0.2, -0.15) is 0 Å². The van der Waals surface area contributed by atoms with Crippen LogP contribution in [0.1, 0.15) is 28.2 Å². The van der Waals surface area contributed by atoms with Gasteiger partial charge >= 0.3 is 0 Å². The van der Waals surface area contributed by atoms with E-state index in [0.717, 1.165) is 29.3 Å². The van der Waals surface area contributed by atoms with Gasteiger partial charge < -0.3 is 10.2 Å². The van der Waals surface area contributed by atoms with Crippen LogP contribution in [0, 0.1) is 12.8 Å². The molecule has 23 heavy (non-hydrogen) atoms. The number of benzene rings is 1. The lowest BCUT2D eigenvalue weighted by molar-refractivity contribution is 0.0909. The highest BCUT2D eigenvalue weighted by Gasteiger charge is 2.33. The van der Waals surface area contributed by atoms with Gasteiger partial charge in [0.15, 0.2) is 5.01 Å². The number of rotatable bonds is 3. The SMILES string of the molecule is Cc1ccccc1-c1cnc(C(=O)N[C@@H]2C[C@@H]3CCN(C3)C2)s1. The molecule has 0 radical (unpaired) electrons. The molecule has 0 spiro atoms. The van der Waals surface area contributed by atoms with Gasteiger partial charge in [-0.15, -0.1) is 11.3 Å². The van der Waals surface area contributed by atoms with Gasteiger partial charge in [-0.05, 0) is 43.4 Å². The number of amides is 1. The van der Waals surface area contributed by atoms with Crippen molar-refractivity contribution in [3.8, 4) is 10.4 Å². The van der Waals surface area contributed by atoms with E-state index in [2.05, 4.69) is 34.3 Å². The summed E-state index contributed by atoms with van der Waals surface area (Å²) in [7, 11) is 0. The minimum Gasteiger partial charge on any atom is -0.346 e. The number of aryl methyl sites for hydroxylation is 1. The highest BCUT2D eigenvalue weighted by atomic mass is 32.1. The molecule has 0 aliphatic carbocycles. The molecule has 3 atom stereocenters. The second-order valence-corrected chi connectivity index (χ2v) is 7.70. The average molecular weight is 327 g/mol. The Kier molecular flexibility index (Phi) is 3.91. The number of carbonyl (C=O) groups excluding carboxylic acids is 1. The lowest BCUT2D eigenvalue weighted by atomic mass is 9.97. The van der Waals surface area contributed by atoms with E-state index in [9.17, 15) is 4.79 Å². The van der Waals surface area contributed by atoms with E-state index in [0.29, 0.717) is 5.01 Å². The van der Waals surface area contributed by atoms with Crippen molar-refractivity contribution in [1.82, 2.24) is 15.2 Å². The van der Waals surface area contributed by atoms with Crippen molar-refractivity contribution < 1.29 is 4.79 Å². The van der Waals surface area contributed by atoms with Crippen LogP contribution >= 0.6 is 11.3 Å². The first-order chi connectivity index (χ1) is 11.2. The Morgan fingerprint density at radius 1 is 1.35 bits per heavy atom. The Labute approximate surface area is 140 Å². The first-order valence-electron chi connectivity index (χ1n) is 8.24. The van der Waals surface area contributed by atoms with Crippen LogP contribution in [0.2, 0.25) is 0 Å². The van der Waals surface area contributed by atoms with Gasteiger partial charge in [0, 0.05) is 25.3 Å². The summed E-state index contributed by atoms with van der Waals surface area (Å²) in [5.41, 5.74) is 2.37. The largest absolute Gasteiger partial charge is 0.346 e. The van der Waals surface area contributed by atoms with Crippen molar-refractivity contribution in [2.45, 2.75) is 25.8 Å². The molecule has 1 aromatic heterocycles. The second kappa shape index (κ2) is 6.06. The second-order valence-electron chi connectivity index (χ2n) is 6.66. The quantitative estimate of drug-likeness (QED) is 0.943. The zero-order chi connectivity index (χ0) is 15.8. The fourth-order valence-corrected chi connectivity index (χ4v) is 4.67. The van der Waals surface area contributed by atoms with Crippen LogP contribution in [0.25, 0.3) is 10.4 Å². The van der Waals surface area contributed by atoms with E-state index in [1.54, 1.807) is 0 Å². The lowest BCUT2D eigenvalue weighted by Crippen LogP contribution is -2.46. The predicted molar refractivity (Wildman–Crippen MR) is 92.7 cm³/mol. The van der Waals surface area contributed by atoms with Crippen molar-refractivity contribution in [1.29, 1.82) is 0 Å². The van der Waals surface area contributed by atoms with Crippen molar-refractivity contribution in [2.24, 2.45) is 5.92 Å². The minimum atomic E-state index is -0.0256. The van der Waals surface area contributed by atoms with E-state index < -0.39 is 0 Å². The number of piperidine rings is 1. The van der Waals surface area contributed by atoms with Crippen LogP contribution in [0.15, 0.2) is 30.5 Å². The molecule has 0 saturated carbocycles. The molecule has 4 rings (SSSR count). The molecule has 2 fully saturated rings. The Morgan fingerprint density at radius 3 is 3.04 bits per heavy atom. The van der Waals surface area contributed by atoms with Crippen LogP contribution in [-0.2, 0) is 0 Å². The molecule has 1 aromatic carbocycles. The maximum absolute atomic E-state index is 12.5. The highest BCUT2D eigenvalue weighted by Crippen LogP contribution is 2.30. The van der Waals surface area contributed by atoms with Gasteiger partial charge in [0.1, 0.15) is 0 Å². The fraction of sp³-hybridized carbons (Fsp3) is 0.444. The summed E-state index contributed by atoms with van der Waals surface area (Å²) in [6.45, 7) is 5.46. The smallest absolute Gasteiger partial charge is 0.280 e. The minimum absolute atomic E-state index is 0.0256. The fourth-order valence-electron chi connectivity index (χ4n) is 3.76. The number of fused-ring (bicyclic) bond motifs is 2. The molecule has 2 bridgehead atoms. The molecule has 3 heterocycles. The Balaban J connectivity index is 1.46. The van der Waals surface area contributed by atoms with Gasteiger partial charge in [-0.1, -0.05) is 24.3 Å². The molecular weight excluding hydrogens is 306 g/mol. The van der Waals surface area contributed by atoms with Gasteiger partial charge in [0.05, 0.1) is 4.88 Å². The molecule has 1 unspecified atom stereocenters. The summed E-state index contributed by atoms with van der Waals surface area (Å²) in [5, 5.41) is 3.75. The average Bonchev–Trinajstić information content (AvgIpc) is 3.15. The number of hydrogen-bond acceptors (Lipinski definition) is 4. The summed E-state index contributed by atoms with van der Waals surface area (Å²) in [4.78, 5) is 20.4. The molecule has 2 aromatic rings. The summed E-state index contributed by atoms with van der Waals surface area (Å²) in [6, 6.07) is 8.49. The lowest BCUT2D eigenvalue weighted by Gasteiger charge is -2.30. The van der Waals surface area contributed by atoms with Gasteiger partial charge in [-0.25, -0.2) is 4.98 Å². The van der Waals surface area contributed by atoms with Crippen molar-refractivity contribution in [3.63, 3.8) is 0 Å². The Bertz CT molecular complexity index is 715. The zero-order valence-electron chi connectivity index (χ0n) is 13.3. The van der Waals surface area contributed by atoms with Crippen LogP contribution < -0.4 is 5.32 Å². The van der Waals surface area contributed by atoms with Crippen LogP contribution in [0.4, 0.5) is 0 Å². The zero-order valence-corrected chi connectivity index (χ0v) is 14.1. The molecule has 5 heteroatoms. The number of nitrogens with zero attached hydrogens (tertiary/aromatic N) is 2. The summed E-state index contributed by atoms with van der Waals surface area (Å²) < 4.78 is 0. The van der Waals surface area contributed by atoms with Crippen LogP contribution in [-0.4, -0.2) is 41.5 Å². The van der Waals surface area contributed by atoms with Gasteiger partial charge in [0.2, 0.25) is 0 Å². The van der Waals surface area contributed by atoms with E-state index in [4.69, 9.17) is 0 Å². The van der Waals surface area contributed by atoms with Crippen LogP contribution in [0.3, 0.4) is 0 Å². The third kappa shape index (κ3) is 3.03. The first-order valence-corrected chi connectivity index (χ1v) is 9.06. The number of hydrogen-bond donors (Lipinski definition) is 1. The predicted octanol–water partition coefficient (Wildman–Crippen LogP) is 2.94. The van der Waals surface area contributed by atoms with E-state index in [1.807, 2.05) is 18.3 Å². The maximum atomic E-state index is 12.5. The maximum Gasteiger partial charge on any atom is 0.280 e. The molecule has 4 nitrogen and oxygen atoms in total. The van der Waals surface area contributed by atoms with Gasteiger partial charge in [0.25, 0.3) is 5.91 Å². The molecule has 2 saturated heterocycles. The molecule has 120 valence electrons. The standard InChI is InChI=1S/C18H21N3OS/c1-12-4-2-3-5-15(12)16-9-19-18(23-16)17(22)20-14-8-13-6-7-21(10-13)11-14/h2-5,9,13-14H,6-8,10-11H2,1H3,(H,20,22)/t13-,14+/m0/s1. The van der Waals surface area contributed by atoms with Crippen molar-refractivity contribution in [2.75, 3.05) is 19.6 Å². The van der Waals surface area contributed by atoms with Crippen LogP contribution in [0.5, 0.6) is 0 Å². The molecular formula is C18H21N3OS. The Morgan fingerprint density at radius 2 is 2.22 bits per heavy atom. The summed E-state index contributed by atoms with van der Waals surface area (Å²) in [6.07, 6.45) is 4.20. The van der Waals surface area contributed by atoms with Crippen molar-refractivity contribution >= 4 is 17.2 Å². The third-order valence-electron chi connectivity index (χ3n) is 4.91. The normalized spacial score (nSPS) is 26.2. The van der Waals surface area contributed by atoms with E-state index in [1.165, 1.54) is 36.4 Å². The van der Waals surface area contributed by atoms with Gasteiger partial charge in [-0.3, -0.25) is 4.79 Å². The highest BCUT2D eigenvalue weighted by molar-refractivity contribution is 7.17. The number of nitrogens with one attached hydrogen (secondary N) is 1. The third-order valence-corrected chi connectivity index (χ3v) is 5.94.